The molecule has 2 aliphatic rings. The molecule has 0 N–H and O–H groups in total. The first-order valence-corrected chi connectivity index (χ1v) is 45.0. The van der Waals surface area contributed by atoms with Gasteiger partial charge < -0.3 is 18.3 Å². The Bertz CT molecular complexity index is 7910. The molecule has 126 heavy (non-hydrogen) atoms. The fraction of sp³-hybridized carbons (Fsp3) is 0.164. The molecule has 0 spiro atoms. The van der Waals surface area contributed by atoms with Gasteiger partial charge in [-0.3, -0.25) is 0 Å². The Labute approximate surface area is 739 Å². The number of benzene rings is 17. The summed E-state index contributed by atoms with van der Waals surface area (Å²) < 4.78 is 10.0. The lowest BCUT2D eigenvalue weighted by molar-refractivity contribution is 0.590. The number of rotatable bonds is 10. The molecule has 0 atom stereocenters. The smallest absolute Gasteiger partial charge is 0.0714 e. The zero-order valence-electron chi connectivity index (χ0n) is 74.4. The maximum absolute atomic E-state index is 2.61. The lowest BCUT2D eigenvalue weighted by Crippen LogP contribution is -2.28. The monoisotopic (exact) mass is 1620 g/mol. The van der Waals surface area contributed by atoms with Gasteiger partial charge in [-0.2, -0.15) is 0 Å². The summed E-state index contributed by atoms with van der Waals surface area (Å²) >= 11 is 0. The summed E-state index contributed by atoms with van der Waals surface area (Å²) in [6.07, 6.45) is 0. The first-order valence-electron chi connectivity index (χ1n) is 45.0. The van der Waals surface area contributed by atoms with E-state index in [0.29, 0.717) is 0 Å². The third-order valence-corrected chi connectivity index (χ3v) is 28.5. The second kappa shape index (κ2) is 27.7. The minimum atomic E-state index is -0.782. The Balaban J connectivity index is 0.754. The van der Waals surface area contributed by atoms with Crippen LogP contribution in [0.4, 0.5) is 0 Å². The van der Waals surface area contributed by atoms with Crippen LogP contribution in [0.25, 0.3) is 154 Å². The summed E-state index contributed by atoms with van der Waals surface area (Å²) in [7, 11) is 0. The summed E-state index contributed by atoms with van der Waals surface area (Å²) in [4.78, 5) is 0. The van der Waals surface area contributed by atoms with Crippen molar-refractivity contribution in [3.8, 4) is 67.3 Å². The molecule has 4 aromatic heterocycles. The van der Waals surface area contributed by atoms with E-state index in [4.69, 9.17) is 0 Å². The average molecular weight is 1620 g/mol. The molecule has 0 bridgehead atoms. The number of fused-ring (bicyclic) bond motifs is 18. The predicted molar refractivity (Wildman–Crippen MR) is 534 cm³/mol. The second-order valence-corrected chi connectivity index (χ2v) is 40.2. The molecule has 0 unspecified atom stereocenters. The quantitative estimate of drug-likeness (QED) is 0.130. The highest BCUT2D eigenvalue weighted by Gasteiger charge is 2.49. The van der Waals surface area contributed by atoms with Crippen molar-refractivity contribution >= 4 is 87.2 Å². The van der Waals surface area contributed by atoms with Gasteiger partial charge in [0.2, 0.25) is 0 Å². The molecule has 23 rings (SSSR count). The molecular formula is C122H102N4. The van der Waals surface area contributed by atoms with E-state index in [-0.39, 0.29) is 21.7 Å². The average Bonchev–Trinajstić information content (AvgIpc) is 1.51. The molecule has 0 aliphatic heterocycles. The maximum atomic E-state index is 2.61. The van der Waals surface area contributed by atoms with Crippen molar-refractivity contribution in [2.45, 2.75) is 129 Å². The van der Waals surface area contributed by atoms with Crippen LogP contribution in [0.2, 0.25) is 0 Å². The van der Waals surface area contributed by atoms with E-state index in [1.54, 1.807) is 0 Å². The fourth-order valence-corrected chi connectivity index (χ4v) is 22.0. The van der Waals surface area contributed by atoms with E-state index in [2.05, 4.69) is 479 Å². The zero-order valence-corrected chi connectivity index (χ0v) is 74.4. The molecule has 4 heterocycles. The number of hydrogen-bond donors (Lipinski definition) is 0. The fourth-order valence-electron chi connectivity index (χ4n) is 22.0. The van der Waals surface area contributed by atoms with Gasteiger partial charge in [-0.05, 0) is 292 Å². The molecule has 610 valence electrons. The zero-order chi connectivity index (χ0) is 86.0. The highest BCUT2D eigenvalue weighted by atomic mass is 15.0. The Morgan fingerprint density at radius 1 is 0.183 bits per heavy atom. The highest BCUT2D eigenvalue weighted by Crippen LogP contribution is 2.60. The van der Waals surface area contributed by atoms with Crippen molar-refractivity contribution in [2.24, 2.45) is 0 Å². The number of aryl methyl sites for hydroxylation is 2. The van der Waals surface area contributed by atoms with Crippen molar-refractivity contribution in [3.05, 3.63) is 442 Å². The summed E-state index contributed by atoms with van der Waals surface area (Å²) in [5.41, 5.74) is 39.9. The molecule has 4 heteroatoms. The molecule has 21 aromatic rings. The second-order valence-electron chi connectivity index (χ2n) is 40.2. The topological polar surface area (TPSA) is 19.7 Å². The highest BCUT2D eigenvalue weighted by molar-refractivity contribution is 6.15. The molecule has 0 amide bonds. The molecule has 0 fully saturated rings. The first-order chi connectivity index (χ1) is 60.8. The minimum Gasteiger partial charge on any atom is -0.309 e. The third-order valence-electron chi connectivity index (χ3n) is 28.5. The number of aromatic nitrogens is 4. The normalized spacial score (nSPS) is 13.8. The summed E-state index contributed by atoms with van der Waals surface area (Å²) in [6, 6.07) is 142. The molecule has 4 nitrogen and oxygen atoms in total. The third kappa shape index (κ3) is 11.6. The van der Waals surface area contributed by atoms with Crippen LogP contribution in [0.3, 0.4) is 0 Å². The largest absolute Gasteiger partial charge is 0.309 e. The van der Waals surface area contributed by atoms with Gasteiger partial charge in [-0.1, -0.05) is 313 Å². The van der Waals surface area contributed by atoms with Gasteiger partial charge in [0.1, 0.15) is 0 Å². The van der Waals surface area contributed by atoms with Gasteiger partial charge in [0.25, 0.3) is 0 Å². The van der Waals surface area contributed by atoms with Crippen molar-refractivity contribution in [2.75, 3.05) is 0 Å². The van der Waals surface area contributed by atoms with Gasteiger partial charge >= 0.3 is 0 Å². The number of nitrogens with zero attached hydrogens (tertiary/aromatic N) is 4. The van der Waals surface area contributed by atoms with Crippen LogP contribution < -0.4 is 0 Å². The van der Waals surface area contributed by atoms with E-state index in [1.807, 2.05) is 0 Å². The molecule has 2 aliphatic carbocycles. The lowest BCUT2D eigenvalue weighted by Gasteiger charge is -2.34. The van der Waals surface area contributed by atoms with Crippen LogP contribution in [-0.4, -0.2) is 18.3 Å². The molecule has 0 saturated carbocycles. The van der Waals surface area contributed by atoms with Gasteiger partial charge in [0, 0.05) is 65.8 Å². The van der Waals surface area contributed by atoms with E-state index in [1.165, 1.54) is 187 Å². The summed E-state index contributed by atoms with van der Waals surface area (Å²) in [6.45, 7) is 32.1. The molecule has 0 saturated heterocycles. The standard InChI is InChI=1S/C122H102N4/c1-75-31-34-79(35-32-75)80-40-60-110-98(68-80)102-72-86(48-64-114(102)126(110)92-57-43-82(44-58-92)118(6,7)8)122(107-29-21-17-25-95(107)96-26-18-22-30-108(96)122)88-50-66-116-104(74-88)103-73-87(49-65-115(103)124(116)90-53-38-78(39-54-90)77-36-51-89(52-37-77)123-111-61-45-83(119(9,10)11)69-99(111)100-70-84(120(12,13)14)46-62-112(100)123)121(105-27-19-15-23-93(105)94-24-16-20-28-106(94)121)85-47-63-113-101(71-85)97-67-76(2)33-59-109(97)125(113)91-55-41-81(42-56-91)117(3,4)5/h15-74H,1-14H3. The van der Waals surface area contributed by atoms with Crippen LogP contribution in [0.15, 0.2) is 364 Å². The Kier molecular flexibility index (Phi) is 16.9. The van der Waals surface area contributed by atoms with E-state index >= 15 is 0 Å². The van der Waals surface area contributed by atoms with Crippen LogP contribution in [0.5, 0.6) is 0 Å². The van der Waals surface area contributed by atoms with Crippen molar-refractivity contribution in [3.63, 3.8) is 0 Å². The van der Waals surface area contributed by atoms with Gasteiger partial charge in [0.05, 0.1) is 55.0 Å². The molecule has 17 aromatic carbocycles. The van der Waals surface area contributed by atoms with Crippen LogP contribution in [0.1, 0.15) is 161 Å². The Morgan fingerprint density at radius 3 is 0.722 bits per heavy atom. The predicted octanol–water partition coefficient (Wildman–Crippen LogP) is 31.9. The van der Waals surface area contributed by atoms with Crippen LogP contribution in [-0.2, 0) is 32.5 Å². The van der Waals surface area contributed by atoms with Crippen LogP contribution in [0, 0.1) is 13.8 Å². The van der Waals surface area contributed by atoms with Gasteiger partial charge in [-0.15, -0.1) is 0 Å². The van der Waals surface area contributed by atoms with Crippen molar-refractivity contribution < 1.29 is 0 Å². The minimum absolute atomic E-state index is 0.00360. The van der Waals surface area contributed by atoms with Gasteiger partial charge in [-0.25, -0.2) is 0 Å². The molecular weight excluding hydrogens is 1520 g/mol. The van der Waals surface area contributed by atoms with E-state index < -0.39 is 10.8 Å². The Morgan fingerprint density at radius 2 is 0.405 bits per heavy atom. The maximum Gasteiger partial charge on any atom is 0.0714 e. The first kappa shape index (κ1) is 76.8. The molecule has 0 radical (unpaired) electrons. The van der Waals surface area contributed by atoms with Crippen molar-refractivity contribution in [1.29, 1.82) is 0 Å². The van der Waals surface area contributed by atoms with Crippen LogP contribution >= 0.6 is 0 Å². The van der Waals surface area contributed by atoms with E-state index in [0.717, 1.165) is 44.9 Å². The Hall–Kier alpha value is -14.1. The van der Waals surface area contributed by atoms with E-state index in [9.17, 15) is 0 Å². The van der Waals surface area contributed by atoms with Gasteiger partial charge in [0.15, 0.2) is 0 Å². The number of hydrogen-bond acceptors (Lipinski definition) is 0. The SMILES string of the molecule is Cc1ccc(-c2ccc3c(c2)c2cc(C4(c5ccc6c(c5)c5cc(C7(c8ccc9c(c8)c8cc(C)ccc8n9-c8ccc(C(C)(C)C)cc8)c8ccccc8-c8ccccc87)ccc5n6-c5ccc(-c6ccc(-n7c8ccc(C(C)(C)C)cc8c8cc(C(C)(C)C)ccc87)cc6)cc5)c5ccccc5-c5ccccc54)ccc2n3-c2ccc(C(C)(C)C)cc2)cc1. The summed E-state index contributed by atoms with van der Waals surface area (Å²) in [5.74, 6) is 0. The lowest BCUT2D eigenvalue weighted by atomic mass is 9.67. The van der Waals surface area contributed by atoms with Crippen molar-refractivity contribution in [1.82, 2.24) is 18.3 Å². The summed E-state index contributed by atoms with van der Waals surface area (Å²) in [5, 5.41) is 9.84.